The lowest BCUT2D eigenvalue weighted by molar-refractivity contribution is 0.112. The third-order valence-electron chi connectivity index (χ3n) is 3.17. The smallest absolute Gasteiger partial charge is 0.226 e. The van der Waals surface area contributed by atoms with E-state index < -0.39 is 0 Å². The first-order valence-corrected chi connectivity index (χ1v) is 6.46. The van der Waals surface area contributed by atoms with Gasteiger partial charge in [-0.15, -0.1) is 0 Å². The number of hydrogen-bond donors (Lipinski definition) is 0. The lowest BCUT2D eigenvalue weighted by Gasteiger charge is -2.00. The van der Waals surface area contributed by atoms with Crippen molar-refractivity contribution >= 4 is 6.29 Å². The van der Waals surface area contributed by atoms with Gasteiger partial charge >= 0.3 is 0 Å². The van der Waals surface area contributed by atoms with Crippen molar-refractivity contribution in [1.29, 1.82) is 0 Å². The van der Waals surface area contributed by atoms with Crippen LogP contribution in [-0.4, -0.2) is 18.4 Å². The predicted octanol–water partition coefficient (Wildman–Crippen LogP) is 3.83. The van der Waals surface area contributed by atoms with Gasteiger partial charge in [0.25, 0.3) is 0 Å². The van der Waals surface area contributed by atoms with Gasteiger partial charge in [-0.05, 0) is 36.4 Å². The summed E-state index contributed by atoms with van der Waals surface area (Å²) in [5.74, 6) is 2.01. The van der Waals surface area contributed by atoms with Gasteiger partial charge in [0, 0.05) is 16.7 Å². The number of aromatic nitrogens is 1. The second-order valence-corrected chi connectivity index (χ2v) is 4.50. The number of nitrogens with zero attached hydrogens (tertiary/aromatic N) is 1. The van der Waals surface area contributed by atoms with Crippen molar-refractivity contribution < 1.29 is 13.9 Å². The van der Waals surface area contributed by atoms with E-state index in [1.165, 1.54) is 0 Å². The first-order chi connectivity index (χ1) is 10.3. The molecule has 0 N–H and O–H groups in total. The number of benzene rings is 2. The zero-order valence-corrected chi connectivity index (χ0v) is 11.4. The van der Waals surface area contributed by atoms with E-state index in [9.17, 15) is 4.79 Å². The van der Waals surface area contributed by atoms with Gasteiger partial charge in [-0.1, -0.05) is 12.1 Å². The summed E-state index contributed by atoms with van der Waals surface area (Å²) in [6, 6.07) is 14.7. The van der Waals surface area contributed by atoms with Crippen molar-refractivity contribution in [3.05, 3.63) is 60.3 Å². The molecule has 0 bridgehead atoms. The normalized spacial score (nSPS) is 10.3. The second-order valence-electron chi connectivity index (χ2n) is 4.50. The fourth-order valence-corrected chi connectivity index (χ4v) is 2.00. The van der Waals surface area contributed by atoms with Crippen molar-refractivity contribution in [2.45, 2.75) is 0 Å². The first-order valence-electron chi connectivity index (χ1n) is 6.46. The number of carbonyl (C=O) groups excluding carboxylic acids is 1. The molecule has 1 heterocycles. The topological polar surface area (TPSA) is 52.3 Å². The van der Waals surface area contributed by atoms with Crippen LogP contribution in [0.4, 0.5) is 0 Å². The average molecular weight is 279 g/mol. The molecular formula is C17H13NO3. The van der Waals surface area contributed by atoms with Crippen LogP contribution in [0.2, 0.25) is 0 Å². The number of oxazole rings is 1. The Bertz CT molecular complexity index is 742. The van der Waals surface area contributed by atoms with Crippen molar-refractivity contribution in [1.82, 2.24) is 4.98 Å². The lowest BCUT2D eigenvalue weighted by Crippen LogP contribution is -1.81. The minimum absolute atomic E-state index is 0.526. The maximum atomic E-state index is 10.6. The number of ether oxygens (including phenoxy) is 1. The van der Waals surface area contributed by atoms with E-state index in [-0.39, 0.29) is 0 Å². The monoisotopic (exact) mass is 279 g/mol. The molecule has 3 aromatic rings. The van der Waals surface area contributed by atoms with Crippen LogP contribution < -0.4 is 4.74 Å². The molecule has 0 saturated heterocycles. The van der Waals surface area contributed by atoms with E-state index >= 15 is 0 Å². The Labute approximate surface area is 122 Å². The van der Waals surface area contributed by atoms with Crippen molar-refractivity contribution in [3.63, 3.8) is 0 Å². The quantitative estimate of drug-likeness (QED) is 0.681. The molecule has 3 rings (SSSR count). The number of hydrogen-bond acceptors (Lipinski definition) is 4. The first kappa shape index (κ1) is 13.1. The summed E-state index contributed by atoms with van der Waals surface area (Å²) in [7, 11) is 1.63. The molecule has 4 heteroatoms. The van der Waals surface area contributed by atoms with Crippen molar-refractivity contribution in [3.8, 4) is 28.5 Å². The third kappa shape index (κ3) is 2.69. The molecule has 4 nitrogen and oxygen atoms in total. The molecule has 0 spiro atoms. The van der Waals surface area contributed by atoms with Crippen LogP contribution in [-0.2, 0) is 0 Å². The van der Waals surface area contributed by atoms with Crippen LogP contribution in [0.1, 0.15) is 10.4 Å². The SMILES string of the molecule is COc1ccc(-c2cnc(-c3ccc(C=O)cc3)o2)cc1. The Morgan fingerprint density at radius 3 is 2.29 bits per heavy atom. The van der Waals surface area contributed by atoms with Gasteiger partial charge in [0.05, 0.1) is 13.3 Å². The lowest BCUT2D eigenvalue weighted by atomic mass is 10.1. The van der Waals surface area contributed by atoms with Gasteiger partial charge in [0.1, 0.15) is 12.0 Å². The molecule has 0 aliphatic carbocycles. The molecule has 1 aromatic heterocycles. The molecule has 2 aromatic carbocycles. The summed E-state index contributed by atoms with van der Waals surface area (Å²) < 4.78 is 10.9. The average Bonchev–Trinajstić information content (AvgIpc) is 3.05. The highest BCUT2D eigenvalue weighted by molar-refractivity contribution is 5.76. The molecular weight excluding hydrogens is 266 g/mol. The van der Waals surface area contributed by atoms with Gasteiger partial charge in [-0.2, -0.15) is 0 Å². The highest BCUT2D eigenvalue weighted by Crippen LogP contribution is 2.27. The number of carbonyl (C=O) groups is 1. The summed E-state index contributed by atoms with van der Waals surface area (Å²) in [6.45, 7) is 0. The van der Waals surface area contributed by atoms with E-state index in [0.717, 1.165) is 23.2 Å². The Balaban J connectivity index is 1.89. The molecule has 0 unspecified atom stereocenters. The summed E-state index contributed by atoms with van der Waals surface area (Å²) >= 11 is 0. The van der Waals surface area contributed by atoms with E-state index in [1.807, 2.05) is 36.4 Å². The molecule has 104 valence electrons. The minimum Gasteiger partial charge on any atom is -0.497 e. The van der Waals surface area contributed by atoms with Crippen LogP contribution in [0.3, 0.4) is 0 Å². The predicted molar refractivity (Wildman–Crippen MR) is 79.3 cm³/mol. The van der Waals surface area contributed by atoms with E-state index in [2.05, 4.69) is 4.98 Å². The van der Waals surface area contributed by atoms with Gasteiger partial charge in [0.15, 0.2) is 5.76 Å². The van der Waals surface area contributed by atoms with Gasteiger partial charge < -0.3 is 9.15 Å². The third-order valence-corrected chi connectivity index (χ3v) is 3.17. The van der Waals surface area contributed by atoms with E-state index in [4.69, 9.17) is 9.15 Å². The molecule has 0 amide bonds. The molecule has 0 aliphatic heterocycles. The van der Waals surface area contributed by atoms with Gasteiger partial charge in [-0.3, -0.25) is 4.79 Å². The Hall–Kier alpha value is -2.88. The number of methoxy groups -OCH3 is 1. The van der Waals surface area contributed by atoms with Crippen molar-refractivity contribution in [2.75, 3.05) is 7.11 Å². The maximum absolute atomic E-state index is 10.6. The zero-order valence-electron chi connectivity index (χ0n) is 11.4. The van der Waals surface area contributed by atoms with Gasteiger partial charge in [0.2, 0.25) is 5.89 Å². The van der Waals surface area contributed by atoms with Gasteiger partial charge in [-0.25, -0.2) is 4.98 Å². The fourth-order valence-electron chi connectivity index (χ4n) is 2.00. The molecule has 21 heavy (non-hydrogen) atoms. The molecule has 0 radical (unpaired) electrons. The number of rotatable bonds is 4. The molecule has 0 saturated carbocycles. The number of aldehydes is 1. The molecule has 0 aliphatic rings. The summed E-state index contributed by atoms with van der Waals surface area (Å²) in [5, 5.41) is 0. The standard InChI is InChI=1S/C17H13NO3/c1-20-15-8-6-13(7-9-15)16-10-18-17(21-16)14-4-2-12(11-19)3-5-14/h2-11H,1H3. The fraction of sp³-hybridized carbons (Fsp3) is 0.0588. The summed E-state index contributed by atoms with van der Waals surface area (Å²) in [4.78, 5) is 14.9. The zero-order chi connectivity index (χ0) is 14.7. The highest BCUT2D eigenvalue weighted by Gasteiger charge is 2.08. The minimum atomic E-state index is 0.526. The second kappa shape index (κ2) is 5.63. The largest absolute Gasteiger partial charge is 0.497 e. The molecule has 0 atom stereocenters. The van der Waals surface area contributed by atoms with Crippen LogP contribution in [0, 0.1) is 0 Å². The van der Waals surface area contributed by atoms with E-state index in [0.29, 0.717) is 17.2 Å². The van der Waals surface area contributed by atoms with Crippen LogP contribution >= 0.6 is 0 Å². The Morgan fingerprint density at radius 2 is 1.67 bits per heavy atom. The maximum Gasteiger partial charge on any atom is 0.226 e. The molecule has 0 fully saturated rings. The van der Waals surface area contributed by atoms with Crippen LogP contribution in [0.15, 0.2) is 59.1 Å². The summed E-state index contributed by atoms with van der Waals surface area (Å²) in [5.41, 5.74) is 2.39. The Morgan fingerprint density at radius 1 is 1.00 bits per heavy atom. The highest BCUT2D eigenvalue weighted by atomic mass is 16.5. The van der Waals surface area contributed by atoms with Crippen LogP contribution in [0.5, 0.6) is 5.75 Å². The van der Waals surface area contributed by atoms with Crippen LogP contribution in [0.25, 0.3) is 22.8 Å². The van der Waals surface area contributed by atoms with E-state index in [1.54, 1.807) is 25.4 Å². The Kier molecular flexibility index (Phi) is 3.51. The van der Waals surface area contributed by atoms with Crippen molar-refractivity contribution in [2.24, 2.45) is 0 Å². The summed E-state index contributed by atoms with van der Waals surface area (Å²) in [6.07, 6.45) is 2.49.